The second-order valence-corrected chi connectivity index (χ2v) is 7.90. The van der Waals surface area contributed by atoms with Gasteiger partial charge in [-0.05, 0) is 57.1 Å². The molecule has 0 spiro atoms. The average Bonchev–Trinajstić information content (AvgIpc) is 3.46. The molecule has 0 radical (unpaired) electrons. The first kappa shape index (κ1) is 20.2. The van der Waals surface area contributed by atoms with Crippen molar-refractivity contribution in [1.29, 1.82) is 0 Å². The van der Waals surface area contributed by atoms with Gasteiger partial charge in [-0.3, -0.25) is 9.78 Å². The molecule has 4 aromatic rings. The largest absolute Gasteiger partial charge is 0.493 e. The summed E-state index contributed by atoms with van der Waals surface area (Å²) in [5.74, 6) is 0.932. The fourth-order valence-corrected chi connectivity index (χ4v) is 3.99. The minimum Gasteiger partial charge on any atom is -0.493 e. The number of methoxy groups -OCH3 is 1. The summed E-state index contributed by atoms with van der Waals surface area (Å²) < 4.78 is 12.8. The predicted octanol–water partition coefficient (Wildman–Crippen LogP) is 3.42. The van der Waals surface area contributed by atoms with Crippen molar-refractivity contribution in [3.63, 3.8) is 0 Å². The topological polar surface area (TPSA) is 107 Å². The lowest BCUT2D eigenvalue weighted by Gasteiger charge is -2.20. The molecule has 0 atom stereocenters. The molecule has 1 aliphatic rings. The van der Waals surface area contributed by atoms with Crippen molar-refractivity contribution in [2.45, 2.75) is 25.7 Å². The van der Waals surface area contributed by atoms with E-state index in [9.17, 15) is 4.79 Å². The van der Waals surface area contributed by atoms with Gasteiger partial charge in [0.1, 0.15) is 6.26 Å². The zero-order valence-corrected chi connectivity index (χ0v) is 18.0. The van der Waals surface area contributed by atoms with Crippen LogP contribution < -0.4 is 15.4 Å². The minimum absolute atomic E-state index is 0.181. The second kappa shape index (κ2) is 8.43. The molecule has 1 amide bonds. The quantitative estimate of drug-likeness (QED) is 0.498. The van der Waals surface area contributed by atoms with Crippen molar-refractivity contribution >= 4 is 17.1 Å². The van der Waals surface area contributed by atoms with Gasteiger partial charge in [-0.25, -0.2) is 9.50 Å². The molecule has 1 aliphatic heterocycles. The summed E-state index contributed by atoms with van der Waals surface area (Å²) in [6, 6.07) is 7.58. The van der Waals surface area contributed by atoms with Crippen LogP contribution in [0.25, 0.3) is 17.0 Å². The highest BCUT2D eigenvalue weighted by atomic mass is 16.5. The van der Waals surface area contributed by atoms with E-state index in [0.29, 0.717) is 23.2 Å². The molecule has 32 heavy (non-hydrogen) atoms. The number of fused-ring (bicyclic) bond motifs is 1. The van der Waals surface area contributed by atoms with E-state index in [2.05, 4.69) is 26.7 Å². The summed E-state index contributed by atoms with van der Waals surface area (Å²) in [5.41, 5.74) is 4.29. The molecule has 0 saturated carbocycles. The third-order valence-corrected chi connectivity index (χ3v) is 5.69. The first-order valence-corrected chi connectivity index (χ1v) is 10.6. The Bertz CT molecular complexity index is 1270. The van der Waals surface area contributed by atoms with E-state index in [-0.39, 0.29) is 11.6 Å². The number of piperidine rings is 1. The van der Waals surface area contributed by atoms with E-state index in [1.807, 2.05) is 19.1 Å². The van der Waals surface area contributed by atoms with Gasteiger partial charge in [-0.2, -0.15) is 5.10 Å². The van der Waals surface area contributed by atoms with Crippen LogP contribution >= 0.6 is 0 Å². The fraction of sp³-hybridized carbons (Fsp3) is 0.304. The van der Waals surface area contributed by atoms with Crippen molar-refractivity contribution in [3.05, 3.63) is 60.0 Å². The number of nitrogens with one attached hydrogen (secondary N) is 2. The Balaban J connectivity index is 1.39. The Morgan fingerprint density at radius 3 is 2.91 bits per heavy atom. The van der Waals surface area contributed by atoms with Crippen molar-refractivity contribution < 1.29 is 13.9 Å². The normalized spacial score (nSPS) is 14.6. The summed E-state index contributed by atoms with van der Waals surface area (Å²) in [7, 11) is 1.56. The van der Waals surface area contributed by atoms with Crippen molar-refractivity contribution in [2.24, 2.45) is 0 Å². The summed E-state index contributed by atoms with van der Waals surface area (Å²) in [6.45, 7) is 3.89. The molecule has 5 rings (SSSR count). The Morgan fingerprint density at radius 2 is 2.12 bits per heavy atom. The Hall–Kier alpha value is -3.72. The van der Waals surface area contributed by atoms with Crippen LogP contribution in [-0.4, -0.2) is 45.7 Å². The Kier molecular flexibility index (Phi) is 5.32. The van der Waals surface area contributed by atoms with E-state index >= 15 is 0 Å². The van der Waals surface area contributed by atoms with Gasteiger partial charge < -0.3 is 19.8 Å². The maximum Gasteiger partial charge on any atom is 0.277 e. The molecular weight excluding hydrogens is 408 g/mol. The molecule has 1 saturated heterocycles. The molecule has 0 aliphatic carbocycles. The van der Waals surface area contributed by atoms with Gasteiger partial charge >= 0.3 is 0 Å². The van der Waals surface area contributed by atoms with E-state index in [1.165, 1.54) is 6.26 Å². The number of rotatable bonds is 5. The second-order valence-electron chi connectivity index (χ2n) is 7.90. The van der Waals surface area contributed by atoms with Crippen molar-refractivity contribution in [3.8, 4) is 17.2 Å². The van der Waals surface area contributed by atoms with Crippen LogP contribution in [0.2, 0.25) is 0 Å². The number of aromatic nitrogens is 4. The molecule has 0 bridgehead atoms. The minimum atomic E-state index is -0.383. The maximum absolute atomic E-state index is 12.9. The molecule has 4 aromatic heterocycles. The van der Waals surface area contributed by atoms with Gasteiger partial charge in [-0.15, -0.1) is 0 Å². The van der Waals surface area contributed by atoms with E-state index < -0.39 is 0 Å². The number of oxazole rings is 1. The zero-order valence-electron chi connectivity index (χ0n) is 18.0. The lowest BCUT2D eigenvalue weighted by molar-refractivity contribution is 0.102. The number of pyridine rings is 2. The highest BCUT2D eigenvalue weighted by Gasteiger charge is 2.20. The van der Waals surface area contributed by atoms with Gasteiger partial charge in [0.25, 0.3) is 5.91 Å². The number of anilines is 1. The van der Waals surface area contributed by atoms with Crippen LogP contribution in [-0.2, 0) is 0 Å². The molecule has 9 heteroatoms. The van der Waals surface area contributed by atoms with E-state index in [1.54, 1.807) is 30.1 Å². The number of ether oxygens (including phenoxy) is 1. The predicted molar refractivity (Wildman–Crippen MR) is 119 cm³/mol. The summed E-state index contributed by atoms with van der Waals surface area (Å²) in [6.07, 6.45) is 6.94. The highest BCUT2D eigenvalue weighted by molar-refractivity contribution is 6.04. The molecule has 1 fully saturated rings. The molecule has 164 valence electrons. The average molecular weight is 432 g/mol. The van der Waals surface area contributed by atoms with Crippen molar-refractivity contribution in [2.75, 3.05) is 25.5 Å². The number of hydrogen-bond acceptors (Lipinski definition) is 7. The van der Waals surface area contributed by atoms with Crippen molar-refractivity contribution in [1.82, 2.24) is 24.9 Å². The van der Waals surface area contributed by atoms with Crippen LogP contribution in [0, 0.1) is 6.92 Å². The van der Waals surface area contributed by atoms with E-state index in [4.69, 9.17) is 14.3 Å². The van der Waals surface area contributed by atoms with Crippen LogP contribution in [0.5, 0.6) is 5.75 Å². The molecule has 9 nitrogen and oxygen atoms in total. The highest BCUT2D eigenvalue weighted by Crippen LogP contribution is 2.30. The molecule has 2 N–H and O–H groups in total. The number of aryl methyl sites for hydroxylation is 1. The van der Waals surface area contributed by atoms with Crippen LogP contribution in [0.1, 0.15) is 40.6 Å². The maximum atomic E-state index is 12.9. The van der Waals surface area contributed by atoms with Crippen LogP contribution in [0.3, 0.4) is 0 Å². The van der Waals surface area contributed by atoms with Gasteiger partial charge in [-0.1, -0.05) is 0 Å². The fourth-order valence-electron chi connectivity index (χ4n) is 3.99. The lowest BCUT2D eigenvalue weighted by atomic mass is 9.95. The smallest absolute Gasteiger partial charge is 0.277 e. The van der Waals surface area contributed by atoms with Gasteiger partial charge in [0.05, 0.1) is 30.2 Å². The van der Waals surface area contributed by atoms with Crippen LogP contribution in [0.15, 0.2) is 47.3 Å². The first-order chi connectivity index (χ1) is 15.6. The lowest BCUT2D eigenvalue weighted by Crippen LogP contribution is -2.26. The monoisotopic (exact) mass is 432 g/mol. The molecule has 0 unspecified atom stereocenters. The third-order valence-electron chi connectivity index (χ3n) is 5.69. The summed E-state index contributed by atoms with van der Waals surface area (Å²) in [5, 5.41) is 11.0. The Morgan fingerprint density at radius 1 is 1.28 bits per heavy atom. The zero-order chi connectivity index (χ0) is 22.1. The van der Waals surface area contributed by atoms with Crippen LogP contribution in [0.4, 0.5) is 5.69 Å². The molecule has 0 aromatic carbocycles. The summed E-state index contributed by atoms with van der Waals surface area (Å²) >= 11 is 0. The van der Waals surface area contributed by atoms with E-state index in [0.717, 1.165) is 48.4 Å². The number of carbonyl (C=O) groups excluding carboxylic acids is 1. The first-order valence-electron chi connectivity index (χ1n) is 10.6. The van der Waals surface area contributed by atoms with Gasteiger partial charge in [0.2, 0.25) is 5.89 Å². The number of carbonyl (C=O) groups is 1. The van der Waals surface area contributed by atoms with Gasteiger partial charge in [0, 0.05) is 23.4 Å². The number of amides is 1. The SMILES string of the molecule is COc1cn2nc(C3CCNCC3)cc2cc1NC(=O)c1coc(-c2ccnc(C)c2)n1. The third kappa shape index (κ3) is 3.94. The Labute approximate surface area is 184 Å². The number of nitrogens with zero attached hydrogens (tertiary/aromatic N) is 4. The molecule has 5 heterocycles. The standard InChI is InChI=1S/C23H24N6O3/c1-14-9-16(5-8-25-14)23-27-20(13-32-23)22(30)26-19-11-17-10-18(15-3-6-24-7-4-15)28-29(17)12-21(19)31-2/h5,8-13,15,24H,3-4,6-7H2,1-2H3,(H,26,30). The number of hydrogen-bond donors (Lipinski definition) is 2. The van der Waals surface area contributed by atoms with Gasteiger partial charge in [0.15, 0.2) is 11.4 Å². The molecular formula is C23H24N6O3. The summed E-state index contributed by atoms with van der Waals surface area (Å²) in [4.78, 5) is 21.3.